The van der Waals surface area contributed by atoms with Crippen molar-refractivity contribution in [2.45, 2.75) is 6.17 Å². The van der Waals surface area contributed by atoms with Gasteiger partial charge < -0.3 is 11.5 Å². The third-order valence-electron chi connectivity index (χ3n) is 0.718. The van der Waals surface area contributed by atoms with E-state index in [2.05, 4.69) is 9.22 Å². The molecule has 0 saturated heterocycles. The summed E-state index contributed by atoms with van der Waals surface area (Å²) < 4.78 is 26.6. The van der Waals surface area contributed by atoms with E-state index in [1.807, 2.05) is 0 Å². The summed E-state index contributed by atoms with van der Waals surface area (Å²) in [4.78, 5) is 13.0. The van der Waals surface area contributed by atoms with E-state index in [0.717, 1.165) is 0 Å². The van der Waals surface area contributed by atoms with Crippen molar-refractivity contribution in [3.05, 3.63) is 0 Å². The summed E-state index contributed by atoms with van der Waals surface area (Å²) >= 11 is 0. The number of nitrogens with two attached hydrogens (primary N) is 2. The van der Waals surface area contributed by atoms with Crippen LogP contribution in [0.25, 0.3) is 0 Å². The van der Waals surface area contributed by atoms with E-state index in [-0.39, 0.29) is 13.0 Å². The minimum Gasteiger partial charge on any atom is -0.328 e. The Hall–Kier alpha value is -0.740. The van der Waals surface area contributed by atoms with E-state index in [9.17, 15) is 13.2 Å². The lowest BCUT2D eigenvalue weighted by molar-refractivity contribution is -0.194. The molecule has 0 aromatic carbocycles. The largest absolute Gasteiger partial charge is 0.372 e. The molecule has 8 nitrogen and oxygen atoms in total. The van der Waals surface area contributed by atoms with E-state index >= 15 is 0 Å². The molecule has 0 spiro atoms. The molecular formula is C3H9N3O5S. The quantitative estimate of drug-likeness (QED) is 0.181. The van der Waals surface area contributed by atoms with Crippen LogP contribution in [0.5, 0.6) is 0 Å². The zero-order valence-electron chi connectivity index (χ0n) is 5.97. The summed E-state index contributed by atoms with van der Waals surface area (Å²) in [7, 11) is -4.16. The van der Waals surface area contributed by atoms with Gasteiger partial charge in [0, 0.05) is 6.54 Å². The van der Waals surface area contributed by atoms with E-state index < -0.39 is 16.5 Å². The topological polar surface area (TPSA) is 134 Å². The van der Waals surface area contributed by atoms with Gasteiger partial charge in [0.25, 0.3) is 0 Å². The SMILES string of the molecule is NCC(N)NS(=O)(=O)OOC=O. The van der Waals surface area contributed by atoms with E-state index in [1.54, 1.807) is 4.72 Å². The van der Waals surface area contributed by atoms with Crippen LogP contribution in [0.3, 0.4) is 0 Å². The van der Waals surface area contributed by atoms with Gasteiger partial charge in [-0.25, -0.2) is 0 Å². The zero-order valence-corrected chi connectivity index (χ0v) is 6.78. The van der Waals surface area contributed by atoms with Gasteiger partial charge >= 0.3 is 16.8 Å². The first kappa shape index (κ1) is 11.3. The van der Waals surface area contributed by atoms with E-state index in [0.29, 0.717) is 0 Å². The molecular weight excluding hydrogens is 190 g/mol. The molecule has 0 saturated carbocycles. The Kier molecular flexibility index (Phi) is 4.70. The molecule has 1 unspecified atom stereocenters. The molecule has 0 heterocycles. The van der Waals surface area contributed by atoms with Crippen molar-refractivity contribution in [1.82, 2.24) is 4.72 Å². The highest BCUT2D eigenvalue weighted by molar-refractivity contribution is 7.84. The van der Waals surface area contributed by atoms with Gasteiger partial charge in [-0.1, -0.05) is 0 Å². The number of carbonyl (C=O) groups excluding carboxylic acids is 1. The summed E-state index contributed by atoms with van der Waals surface area (Å²) in [5, 5.41) is 0. The molecule has 12 heavy (non-hydrogen) atoms. The lowest BCUT2D eigenvalue weighted by Gasteiger charge is -2.08. The summed E-state index contributed by atoms with van der Waals surface area (Å²) in [6.07, 6.45) is -0.981. The van der Waals surface area contributed by atoms with Crippen molar-refractivity contribution >= 4 is 16.8 Å². The highest BCUT2D eigenvalue weighted by Gasteiger charge is 2.15. The Labute approximate surface area is 69.0 Å². The monoisotopic (exact) mass is 199 g/mol. The first-order valence-electron chi connectivity index (χ1n) is 2.78. The summed E-state index contributed by atoms with van der Waals surface area (Å²) in [5.74, 6) is 0. The van der Waals surface area contributed by atoms with Gasteiger partial charge in [-0.05, 0) is 4.33 Å². The molecule has 0 radical (unpaired) electrons. The van der Waals surface area contributed by atoms with Crippen molar-refractivity contribution < 1.29 is 22.4 Å². The smallest absolute Gasteiger partial charge is 0.328 e. The van der Waals surface area contributed by atoms with Crippen LogP contribution < -0.4 is 16.2 Å². The number of rotatable bonds is 6. The van der Waals surface area contributed by atoms with Gasteiger partial charge in [0.2, 0.25) is 0 Å². The van der Waals surface area contributed by atoms with Crippen LogP contribution in [0.4, 0.5) is 0 Å². The second-order valence-electron chi connectivity index (χ2n) is 1.67. The van der Waals surface area contributed by atoms with Crippen molar-refractivity contribution in [3.63, 3.8) is 0 Å². The van der Waals surface area contributed by atoms with E-state index in [4.69, 9.17) is 11.5 Å². The molecule has 0 bridgehead atoms. The summed E-state index contributed by atoms with van der Waals surface area (Å²) in [6.45, 7) is -0.295. The van der Waals surface area contributed by atoms with Crippen LogP contribution in [-0.4, -0.2) is 27.6 Å². The molecule has 0 rings (SSSR count). The van der Waals surface area contributed by atoms with Gasteiger partial charge in [-0.3, -0.25) is 9.68 Å². The predicted octanol–water partition coefficient (Wildman–Crippen LogP) is -2.83. The number of carbonyl (C=O) groups is 1. The molecule has 0 aromatic rings. The van der Waals surface area contributed by atoms with Gasteiger partial charge in [-0.15, -0.1) is 0 Å². The maximum absolute atomic E-state index is 10.6. The average Bonchev–Trinajstić information content (AvgIpc) is 2.00. The van der Waals surface area contributed by atoms with Crippen molar-refractivity contribution in [1.29, 1.82) is 0 Å². The second-order valence-corrected chi connectivity index (χ2v) is 2.95. The molecule has 0 amide bonds. The number of hydrogen-bond acceptors (Lipinski definition) is 7. The molecule has 5 N–H and O–H groups in total. The van der Waals surface area contributed by atoms with Crippen LogP contribution in [0, 0.1) is 0 Å². The Balaban J connectivity index is 3.95. The molecule has 0 fully saturated rings. The highest BCUT2D eigenvalue weighted by atomic mass is 32.2. The third kappa shape index (κ3) is 4.98. The van der Waals surface area contributed by atoms with Gasteiger partial charge in [0.1, 0.15) is 0 Å². The van der Waals surface area contributed by atoms with Crippen LogP contribution >= 0.6 is 0 Å². The second kappa shape index (κ2) is 5.00. The molecule has 0 aromatic heterocycles. The normalized spacial score (nSPS) is 13.8. The Morgan fingerprint density at radius 3 is 2.58 bits per heavy atom. The van der Waals surface area contributed by atoms with Crippen LogP contribution in [0.1, 0.15) is 0 Å². The first-order valence-corrected chi connectivity index (χ1v) is 4.19. The first-order chi connectivity index (χ1) is 5.52. The Morgan fingerprint density at radius 1 is 1.58 bits per heavy atom. The van der Waals surface area contributed by atoms with Crippen molar-refractivity contribution in [3.8, 4) is 0 Å². The maximum atomic E-state index is 10.6. The molecule has 9 heteroatoms. The minimum absolute atomic E-state index is 0.107. The fourth-order valence-corrected chi connectivity index (χ4v) is 0.963. The highest BCUT2D eigenvalue weighted by Crippen LogP contribution is 1.87. The van der Waals surface area contributed by atoms with Crippen LogP contribution in [-0.2, 0) is 24.3 Å². The molecule has 72 valence electrons. The summed E-state index contributed by atoms with van der Waals surface area (Å²) in [5.41, 5.74) is 10.1. The minimum atomic E-state index is -4.16. The maximum Gasteiger partial charge on any atom is 0.372 e. The van der Waals surface area contributed by atoms with Gasteiger partial charge in [0.15, 0.2) is 0 Å². The third-order valence-corrected chi connectivity index (χ3v) is 1.57. The number of hydrogen-bond donors (Lipinski definition) is 3. The molecule has 0 aliphatic heterocycles. The predicted molar refractivity (Wildman–Crippen MR) is 37.3 cm³/mol. The standard InChI is InChI=1S/C3H9N3O5S/c4-1-3(5)6-12(8,9)11-10-2-7/h2-3,6H,1,4-5H2. The lowest BCUT2D eigenvalue weighted by Crippen LogP contribution is -2.46. The van der Waals surface area contributed by atoms with Gasteiger partial charge in [-0.2, -0.15) is 13.1 Å². The van der Waals surface area contributed by atoms with Crippen LogP contribution in [0.2, 0.25) is 0 Å². The fourth-order valence-electron chi connectivity index (χ4n) is 0.321. The molecule has 1 atom stereocenters. The fraction of sp³-hybridized carbons (Fsp3) is 0.667. The van der Waals surface area contributed by atoms with Gasteiger partial charge in [0.05, 0.1) is 6.17 Å². The lowest BCUT2D eigenvalue weighted by atomic mass is 10.6. The average molecular weight is 199 g/mol. The Bertz CT molecular complexity index is 226. The van der Waals surface area contributed by atoms with Crippen molar-refractivity contribution in [2.75, 3.05) is 6.54 Å². The van der Waals surface area contributed by atoms with Crippen LogP contribution in [0.15, 0.2) is 0 Å². The van der Waals surface area contributed by atoms with E-state index in [1.165, 1.54) is 0 Å². The van der Waals surface area contributed by atoms with Crippen molar-refractivity contribution in [2.24, 2.45) is 11.5 Å². The summed E-state index contributed by atoms with van der Waals surface area (Å²) in [6, 6.07) is 0. The number of nitrogens with one attached hydrogen (secondary N) is 1. The zero-order chi connectivity index (χ0) is 9.61. The Morgan fingerprint density at radius 2 is 2.17 bits per heavy atom. The molecule has 0 aliphatic carbocycles. The molecule has 0 aliphatic rings.